The summed E-state index contributed by atoms with van der Waals surface area (Å²) in [4.78, 5) is 5.49. The SMILES string of the molecule is COCCNCc1ccc(Sc2n[nH]c(C)n2)c(C)c1. The summed E-state index contributed by atoms with van der Waals surface area (Å²) in [5.74, 6) is 0.837. The Morgan fingerprint density at radius 2 is 2.20 bits per heavy atom. The Bertz CT molecular complexity index is 556. The molecule has 20 heavy (non-hydrogen) atoms. The number of aromatic nitrogens is 3. The van der Waals surface area contributed by atoms with Crippen LogP contribution in [0.1, 0.15) is 17.0 Å². The van der Waals surface area contributed by atoms with Gasteiger partial charge in [0.05, 0.1) is 6.61 Å². The maximum atomic E-state index is 5.01. The van der Waals surface area contributed by atoms with Crippen LogP contribution in [0.2, 0.25) is 0 Å². The standard InChI is InChI=1S/C14H20N4OS/c1-10-8-12(9-15-6-7-19-3)4-5-13(10)20-14-16-11(2)17-18-14/h4-5,8,15H,6-7,9H2,1-3H3,(H,16,17,18). The molecule has 0 saturated heterocycles. The summed E-state index contributed by atoms with van der Waals surface area (Å²) >= 11 is 1.58. The van der Waals surface area contributed by atoms with Gasteiger partial charge in [-0.2, -0.15) is 0 Å². The molecule has 0 atom stereocenters. The molecule has 108 valence electrons. The molecule has 0 aliphatic heterocycles. The minimum Gasteiger partial charge on any atom is -0.383 e. The van der Waals surface area contributed by atoms with Crippen molar-refractivity contribution in [3.05, 3.63) is 35.2 Å². The quantitative estimate of drug-likeness (QED) is 0.767. The van der Waals surface area contributed by atoms with E-state index in [2.05, 4.69) is 45.6 Å². The van der Waals surface area contributed by atoms with Crippen LogP contribution in [0.25, 0.3) is 0 Å². The van der Waals surface area contributed by atoms with E-state index in [0.29, 0.717) is 0 Å². The number of H-pyrrole nitrogens is 1. The smallest absolute Gasteiger partial charge is 0.213 e. The molecule has 0 saturated carbocycles. The molecule has 1 heterocycles. The van der Waals surface area contributed by atoms with Crippen LogP contribution < -0.4 is 5.32 Å². The van der Waals surface area contributed by atoms with E-state index in [1.165, 1.54) is 16.0 Å². The van der Waals surface area contributed by atoms with E-state index in [4.69, 9.17) is 4.74 Å². The fourth-order valence-electron chi connectivity index (χ4n) is 1.81. The maximum Gasteiger partial charge on any atom is 0.213 e. The Hall–Kier alpha value is -1.37. The molecule has 1 aromatic heterocycles. The van der Waals surface area contributed by atoms with Gasteiger partial charge in [-0.25, -0.2) is 4.98 Å². The van der Waals surface area contributed by atoms with Crippen molar-refractivity contribution in [3.8, 4) is 0 Å². The van der Waals surface area contributed by atoms with Gasteiger partial charge in [-0.3, -0.25) is 5.10 Å². The van der Waals surface area contributed by atoms with Crippen LogP contribution >= 0.6 is 11.8 Å². The average Bonchev–Trinajstić information content (AvgIpc) is 2.83. The first-order valence-electron chi connectivity index (χ1n) is 6.55. The van der Waals surface area contributed by atoms with Crippen LogP contribution in [0, 0.1) is 13.8 Å². The van der Waals surface area contributed by atoms with Crippen molar-refractivity contribution in [1.29, 1.82) is 0 Å². The lowest BCUT2D eigenvalue weighted by Crippen LogP contribution is -2.18. The summed E-state index contributed by atoms with van der Waals surface area (Å²) < 4.78 is 5.01. The van der Waals surface area contributed by atoms with Gasteiger partial charge in [0.15, 0.2) is 0 Å². The fourth-order valence-corrected chi connectivity index (χ4v) is 2.64. The number of methoxy groups -OCH3 is 1. The molecule has 0 amide bonds. The summed E-state index contributed by atoms with van der Waals surface area (Å²) in [6, 6.07) is 6.45. The zero-order chi connectivity index (χ0) is 14.4. The Kier molecular flexibility index (Phi) is 5.58. The summed E-state index contributed by atoms with van der Waals surface area (Å²) in [5, 5.41) is 11.1. The van der Waals surface area contributed by atoms with Gasteiger partial charge in [0.1, 0.15) is 5.82 Å². The van der Waals surface area contributed by atoms with E-state index in [9.17, 15) is 0 Å². The molecular formula is C14H20N4OS. The van der Waals surface area contributed by atoms with Crippen molar-refractivity contribution in [1.82, 2.24) is 20.5 Å². The molecule has 0 unspecified atom stereocenters. The number of aromatic amines is 1. The second-order valence-corrected chi connectivity index (χ2v) is 5.58. The molecule has 2 N–H and O–H groups in total. The third kappa shape index (κ3) is 4.33. The molecule has 1 aromatic carbocycles. The molecule has 5 nitrogen and oxygen atoms in total. The van der Waals surface area contributed by atoms with Crippen molar-refractivity contribution >= 4 is 11.8 Å². The van der Waals surface area contributed by atoms with Crippen LogP contribution in [0.15, 0.2) is 28.3 Å². The van der Waals surface area contributed by atoms with Crippen molar-refractivity contribution in [2.45, 2.75) is 30.4 Å². The number of nitrogens with zero attached hydrogens (tertiary/aromatic N) is 2. The highest BCUT2D eigenvalue weighted by Crippen LogP contribution is 2.28. The Morgan fingerprint density at radius 1 is 1.35 bits per heavy atom. The lowest BCUT2D eigenvalue weighted by Gasteiger charge is -2.08. The molecule has 0 radical (unpaired) electrons. The van der Waals surface area contributed by atoms with Crippen LogP contribution in [-0.2, 0) is 11.3 Å². The highest BCUT2D eigenvalue weighted by Gasteiger charge is 2.06. The molecule has 2 aromatic rings. The number of nitrogens with one attached hydrogen (secondary N) is 2. The van der Waals surface area contributed by atoms with Crippen molar-refractivity contribution in [2.75, 3.05) is 20.3 Å². The molecule has 6 heteroatoms. The van der Waals surface area contributed by atoms with Gasteiger partial charge in [0, 0.05) is 25.1 Å². The first kappa shape index (κ1) is 15.0. The van der Waals surface area contributed by atoms with Gasteiger partial charge >= 0.3 is 0 Å². The first-order valence-corrected chi connectivity index (χ1v) is 7.36. The fraction of sp³-hybridized carbons (Fsp3) is 0.429. The van der Waals surface area contributed by atoms with E-state index >= 15 is 0 Å². The summed E-state index contributed by atoms with van der Waals surface area (Å²) in [7, 11) is 1.71. The minimum absolute atomic E-state index is 0.733. The van der Waals surface area contributed by atoms with Crippen LogP contribution in [-0.4, -0.2) is 35.4 Å². The highest BCUT2D eigenvalue weighted by atomic mass is 32.2. The monoisotopic (exact) mass is 292 g/mol. The van der Waals surface area contributed by atoms with E-state index in [-0.39, 0.29) is 0 Å². The first-order chi connectivity index (χ1) is 9.69. The number of aryl methyl sites for hydroxylation is 2. The maximum absolute atomic E-state index is 5.01. The number of benzene rings is 1. The third-order valence-electron chi connectivity index (χ3n) is 2.83. The Labute approximate surface area is 123 Å². The molecule has 0 bridgehead atoms. The number of rotatable bonds is 7. The Balaban J connectivity index is 1.95. The van der Waals surface area contributed by atoms with Gasteiger partial charge in [0.2, 0.25) is 5.16 Å². The van der Waals surface area contributed by atoms with Gasteiger partial charge in [0.25, 0.3) is 0 Å². The zero-order valence-corrected chi connectivity index (χ0v) is 12.9. The van der Waals surface area contributed by atoms with Gasteiger partial charge < -0.3 is 10.1 Å². The summed E-state index contributed by atoms with van der Waals surface area (Å²) in [6.07, 6.45) is 0. The van der Waals surface area contributed by atoms with E-state index in [0.717, 1.165) is 30.7 Å². The molecule has 0 spiro atoms. The second-order valence-electron chi connectivity index (χ2n) is 4.57. The molecule has 0 fully saturated rings. The molecule has 0 aliphatic carbocycles. The summed E-state index contributed by atoms with van der Waals surface area (Å²) in [5.41, 5.74) is 2.51. The van der Waals surface area contributed by atoms with Crippen molar-refractivity contribution in [2.24, 2.45) is 0 Å². The van der Waals surface area contributed by atoms with Crippen LogP contribution in [0.4, 0.5) is 0 Å². The lowest BCUT2D eigenvalue weighted by molar-refractivity contribution is 0.199. The number of ether oxygens (including phenoxy) is 1. The number of hydrogen-bond donors (Lipinski definition) is 2. The summed E-state index contributed by atoms with van der Waals surface area (Å²) in [6.45, 7) is 6.47. The molecular weight excluding hydrogens is 272 g/mol. The van der Waals surface area contributed by atoms with Gasteiger partial charge in [-0.05, 0) is 42.8 Å². The van der Waals surface area contributed by atoms with E-state index in [1.807, 2.05) is 6.92 Å². The van der Waals surface area contributed by atoms with Crippen molar-refractivity contribution < 1.29 is 4.74 Å². The minimum atomic E-state index is 0.733. The van der Waals surface area contributed by atoms with E-state index in [1.54, 1.807) is 18.9 Å². The van der Waals surface area contributed by atoms with Crippen LogP contribution in [0.3, 0.4) is 0 Å². The topological polar surface area (TPSA) is 62.8 Å². The highest BCUT2D eigenvalue weighted by molar-refractivity contribution is 7.99. The Morgan fingerprint density at radius 3 is 2.85 bits per heavy atom. The van der Waals surface area contributed by atoms with Crippen molar-refractivity contribution in [3.63, 3.8) is 0 Å². The number of hydrogen-bond acceptors (Lipinski definition) is 5. The normalized spacial score (nSPS) is 10.9. The average molecular weight is 292 g/mol. The van der Waals surface area contributed by atoms with Crippen LogP contribution in [0.5, 0.6) is 0 Å². The second kappa shape index (κ2) is 7.42. The molecule has 0 aliphatic rings. The largest absolute Gasteiger partial charge is 0.383 e. The van der Waals surface area contributed by atoms with Gasteiger partial charge in [-0.15, -0.1) is 5.10 Å². The predicted octanol–water partition coefficient (Wildman–Crippen LogP) is 2.31. The predicted molar refractivity (Wildman–Crippen MR) is 80.0 cm³/mol. The zero-order valence-electron chi connectivity index (χ0n) is 12.1. The third-order valence-corrected chi connectivity index (χ3v) is 3.87. The molecule has 2 rings (SSSR count). The lowest BCUT2D eigenvalue weighted by atomic mass is 10.1. The van der Waals surface area contributed by atoms with Gasteiger partial charge in [-0.1, -0.05) is 12.1 Å². The van der Waals surface area contributed by atoms with E-state index < -0.39 is 0 Å².